The largest absolute Gasteiger partial charge is 0.478 e. The molecule has 0 spiro atoms. The van der Waals surface area contributed by atoms with Crippen molar-refractivity contribution in [2.45, 2.75) is 6.42 Å². The Kier molecular flexibility index (Phi) is 3.24. The smallest absolute Gasteiger partial charge is 0.335 e. The fourth-order valence-corrected chi connectivity index (χ4v) is 3.79. The van der Waals surface area contributed by atoms with Crippen molar-refractivity contribution in [3.05, 3.63) is 94.0 Å². The fourth-order valence-electron chi connectivity index (χ4n) is 3.79. The second kappa shape index (κ2) is 5.64. The van der Waals surface area contributed by atoms with Crippen LogP contribution in [0.25, 0.3) is 27.2 Å². The summed E-state index contributed by atoms with van der Waals surface area (Å²) in [6, 6.07) is 14.5. The number of nitrogens with zero attached hydrogens (tertiary/aromatic N) is 2. The number of carboxylic acid groups (broad SMARTS) is 1. The second-order valence-electron chi connectivity index (χ2n) is 6.63. The van der Waals surface area contributed by atoms with Gasteiger partial charge in [0.15, 0.2) is 5.43 Å². The van der Waals surface area contributed by atoms with Crippen molar-refractivity contribution < 1.29 is 9.90 Å². The van der Waals surface area contributed by atoms with E-state index in [0.717, 1.165) is 27.4 Å². The molecule has 5 nitrogen and oxygen atoms in total. The van der Waals surface area contributed by atoms with Crippen LogP contribution in [0.4, 0.5) is 0 Å². The number of para-hydroxylation sites is 1. The Bertz CT molecular complexity index is 1390. The van der Waals surface area contributed by atoms with Crippen LogP contribution in [0, 0.1) is 0 Å². The number of pyridine rings is 2. The number of aromatic nitrogens is 2. The number of fused-ring (bicyclic) bond motifs is 3. The molecule has 0 bridgehead atoms. The van der Waals surface area contributed by atoms with Crippen LogP contribution in [0.5, 0.6) is 0 Å². The van der Waals surface area contributed by atoms with Crippen molar-refractivity contribution in [3.8, 4) is 0 Å². The Morgan fingerprint density at radius 1 is 1.04 bits per heavy atom. The molecule has 5 aromatic rings. The van der Waals surface area contributed by atoms with Crippen molar-refractivity contribution in [1.29, 1.82) is 0 Å². The molecule has 0 unspecified atom stereocenters. The SMILES string of the molecule is O=C(O)c1ccc2c(c1)c1cccc3c(=O)c(Cc4cccnc4)cn2c31. The average Bonchev–Trinajstić information content (AvgIpc) is 3.01. The highest BCUT2D eigenvalue weighted by Crippen LogP contribution is 2.31. The Hall–Kier alpha value is -3.73. The lowest BCUT2D eigenvalue weighted by molar-refractivity contribution is 0.0697. The predicted molar refractivity (Wildman–Crippen MR) is 104 cm³/mol. The van der Waals surface area contributed by atoms with E-state index in [9.17, 15) is 14.7 Å². The van der Waals surface area contributed by atoms with Crippen LogP contribution in [0.3, 0.4) is 0 Å². The summed E-state index contributed by atoms with van der Waals surface area (Å²) in [5.74, 6) is -0.965. The Labute approximate surface area is 153 Å². The van der Waals surface area contributed by atoms with E-state index in [-0.39, 0.29) is 11.0 Å². The van der Waals surface area contributed by atoms with Gasteiger partial charge in [-0.25, -0.2) is 4.79 Å². The zero-order valence-electron chi connectivity index (χ0n) is 14.2. The minimum absolute atomic E-state index is 0.00165. The van der Waals surface area contributed by atoms with E-state index in [4.69, 9.17) is 0 Å². The zero-order valence-corrected chi connectivity index (χ0v) is 14.2. The van der Waals surface area contributed by atoms with Gasteiger partial charge in [-0.3, -0.25) is 9.78 Å². The van der Waals surface area contributed by atoms with Crippen LogP contribution in [0.15, 0.2) is 71.9 Å². The van der Waals surface area contributed by atoms with Gasteiger partial charge in [-0.05, 0) is 35.9 Å². The summed E-state index contributed by atoms with van der Waals surface area (Å²) in [6.07, 6.45) is 5.83. The summed E-state index contributed by atoms with van der Waals surface area (Å²) in [5.41, 5.74) is 3.60. The third-order valence-corrected chi connectivity index (χ3v) is 5.01. The highest BCUT2D eigenvalue weighted by atomic mass is 16.4. The number of hydrogen-bond acceptors (Lipinski definition) is 3. The van der Waals surface area contributed by atoms with E-state index in [1.807, 2.05) is 40.9 Å². The minimum Gasteiger partial charge on any atom is -0.478 e. The first kappa shape index (κ1) is 15.5. The van der Waals surface area contributed by atoms with Crippen LogP contribution in [0.1, 0.15) is 21.5 Å². The maximum absolute atomic E-state index is 13.1. The van der Waals surface area contributed by atoms with Crippen LogP contribution in [-0.4, -0.2) is 20.5 Å². The number of hydrogen-bond donors (Lipinski definition) is 1. The van der Waals surface area contributed by atoms with Gasteiger partial charge < -0.3 is 9.51 Å². The first-order valence-corrected chi connectivity index (χ1v) is 8.58. The standard InChI is InChI=1S/C22H14N2O3/c25-21-15(9-13-3-2-8-23-11-13)12-24-19-7-6-14(22(26)27)10-18(19)16-4-1-5-17(21)20(16)24/h1-8,10-12H,9H2,(H,26,27). The molecule has 5 rings (SSSR count). The van der Waals surface area contributed by atoms with Crippen LogP contribution in [0.2, 0.25) is 0 Å². The van der Waals surface area contributed by atoms with Crippen molar-refractivity contribution in [1.82, 2.24) is 9.38 Å². The number of carbonyl (C=O) groups is 1. The topological polar surface area (TPSA) is 71.7 Å². The van der Waals surface area contributed by atoms with Crippen LogP contribution < -0.4 is 5.43 Å². The monoisotopic (exact) mass is 354 g/mol. The molecule has 130 valence electrons. The highest BCUT2D eigenvalue weighted by molar-refractivity contribution is 6.15. The normalized spacial score (nSPS) is 11.6. The number of carboxylic acids is 1. The summed E-state index contributed by atoms with van der Waals surface area (Å²) in [7, 11) is 0. The molecule has 3 aromatic heterocycles. The lowest BCUT2D eigenvalue weighted by Crippen LogP contribution is -2.12. The van der Waals surface area contributed by atoms with Crippen molar-refractivity contribution >= 4 is 33.2 Å². The van der Waals surface area contributed by atoms with E-state index in [1.54, 1.807) is 30.6 Å². The fraction of sp³-hybridized carbons (Fsp3) is 0.0455. The predicted octanol–water partition coefficient (Wildman–Crippen LogP) is 3.73. The number of aromatic carboxylic acids is 1. The summed E-state index contributed by atoms with van der Waals surface area (Å²) in [6.45, 7) is 0. The lowest BCUT2D eigenvalue weighted by Gasteiger charge is -2.06. The van der Waals surface area contributed by atoms with Crippen molar-refractivity contribution in [2.24, 2.45) is 0 Å². The Morgan fingerprint density at radius 2 is 1.89 bits per heavy atom. The average molecular weight is 354 g/mol. The van der Waals surface area contributed by atoms with Gasteiger partial charge in [0.1, 0.15) is 0 Å². The van der Waals surface area contributed by atoms with Gasteiger partial charge in [-0.2, -0.15) is 0 Å². The van der Waals surface area contributed by atoms with Gasteiger partial charge in [-0.15, -0.1) is 0 Å². The first-order chi connectivity index (χ1) is 13.1. The maximum Gasteiger partial charge on any atom is 0.335 e. The maximum atomic E-state index is 13.1. The molecule has 0 radical (unpaired) electrons. The first-order valence-electron chi connectivity index (χ1n) is 8.58. The number of benzene rings is 2. The minimum atomic E-state index is -0.965. The van der Waals surface area contributed by atoms with Crippen LogP contribution in [-0.2, 0) is 6.42 Å². The van der Waals surface area contributed by atoms with E-state index in [0.29, 0.717) is 17.4 Å². The molecular weight excluding hydrogens is 340 g/mol. The van der Waals surface area contributed by atoms with E-state index >= 15 is 0 Å². The molecule has 0 saturated heterocycles. The summed E-state index contributed by atoms with van der Waals surface area (Å²) in [5, 5.41) is 11.7. The molecule has 0 fully saturated rings. The molecule has 3 heterocycles. The van der Waals surface area contributed by atoms with Gasteiger partial charge in [0.2, 0.25) is 0 Å². The Morgan fingerprint density at radius 3 is 2.67 bits per heavy atom. The van der Waals surface area contributed by atoms with E-state index in [1.165, 1.54) is 0 Å². The molecule has 27 heavy (non-hydrogen) atoms. The number of rotatable bonds is 3. The molecule has 0 amide bonds. The second-order valence-corrected chi connectivity index (χ2v) is 6.63. The van der Waals surface area contributed by atoms with E-state index in [2.05, 4.69) is 4.98 Å². The molecule has 0 aliphatic carbocycles. The molecule has 0 atom stereocenters. The van der Waals surface area contributed by atoms with Crippen molar-refractivity contribution in [2.75, 3.05) is 0 Å². The highest BCUT2D eigenvalue weighted by Gasteiger charge is 2.17. The van der Waals surface area contributed by atoms with Gasteiger partial charge in [0.05, 0.1) is 16.6 Å². The third kappa shape index (κ3) is 2.29. The summed E-state index contributed by atoms with van der Waals surface area (Å²) in [4.78, 5) is 28.6. The molecule has 0 saturated carbocycles. The Balaban J connectivity index is 1.86. The third-order valence-electron chi connectivity index (χ3n) is 5.01. The van der Waals surface area contributed by atoms with Gasteiger partial charge in [0, 0.05) is 46.7 Å². The van der Waals surface area contributed by atoms with Gasteiger partial charge >= 0.3 is 5.97 Å². The van der Waals surface area contributed by atoms with E-state index < -0.39 is 5.97 Å². The summed E-state index contributed by atoms with van der Waals surface area (Å²) < 4.78 is 2.00. The molecule has 0 aliphatic heterocycles. The molecule has 0 aliphatic rings. The lowest BCUT2D eigenvalue weighted by atomic mass is 10.0. The van der Waals surface area contributed by atoms with Gasteiger partial charge in [0.25, 0.3) is 0 Å². The van der Waals surface area contributed by atoms with Gasteiger partial charge in [-0.1, -0.05) is 18.2 Å². The molecule has 5 heteroatoms. The van der Waals surface area contributed by atoms with Crippen molar-refractivity contribution in [3.63, 3.8) is 0 Å². The molecular formula is C22H14N2O3. The summed E-state index contributed by atoms with van der Waals surface area (Å²) >= 11 is 0. The molecule has 1 N–H and O–H groups in total. The quantitative estimate of drug-likeness (QED) is 0.536. The molecule has 2 aromatic carbocycles. The zero-order chi connectivity index (χ0) is 18.5. The van der Waals surface area contributed by atoms with Crippen LogP contribution >= 0.6 is 0 Å².